The predicted molar refractivity (Wildman–Crippen MR) is 109 cm³/mol. The summed E-state index contributed by atoms with van der Waals surface area (Å²) in [6.07, 6.45) is 0. The van der Waals surface area contributed by atoms with Crippen LogP contribution in [0.25, 0.3) is 16.7 Å². The largest absolute Gasteiger partial charge is 0.497 e. The number of hydrogen-bond acceptors (Lipinski definition) is 6. The normalized spacial score (nSPS) is 11.1. The highest BCUT2D eigenvalue weighted by Crippen LogP contribution is 2.29. The van der Waals surface area contributed by atoms with Crippen molar-refractivity contribution in [1.82, 2.24) is 14.8 Å². The third kappa shape index (κ3) is 3.53. The van der Waals surface area contributed by atoms with Gasteiger partial charge in [0.2, 0.25) is 0 Å². The first-order chi connectivity index (χ1) is 13.5. The number of benzene rings is 2. The number of aryl methyl sites for hydroxylation is 2. The van der Waals surface area contributed by atoms with Gasteiger partial charge in [-0.2, -0.15) is 0 Å². The highest BCUT2D eigenvalue weighted by Gasteiger charge is 2.14. The third-order valence-corrected chi connectivity index (χ3v) is 5.46. The van der Waals surface area contributed by atoms with E-state index in [1.54, 1.807) is 13.2 Å². The molecule has 0 aliphatic carbocycles. The Labute approximate surface area is 166 Å². The number of rotatable bonds is 5. The van der Waals surface area contributed by atoms with Crippen molar-refractivity contribution in [3.05, 3.63) is 75.9 Å². The fourth-order valence-electron chi connectivity index (χ4n) is 3.03. The number of hydrogen-bond donors (Lipinski definition) is 0. The maximum atomic E-state index is 12.0. The molecule has 0 fully saturated rings. The van der Waals surface area contributed by atoms with Crippen molar-refractivity contribution >= 4 is 22.7 Å². The van der Waals surface area contributed by atoms with E-state index in [2.05, 4.69) is 41.4 Å². The van der Waals surface area contributed by atoms with Crippen LogP contribution < -0.4 is 10.4 Å². The van der Waals surface area contributed by atoms with Crippen LogP contribution >= 0.6 is 11.8 Å². The van der Waals surface area contributed by atoms with Crippen LogP contribution in [0.5, 0.6) is 5.75 Å². The van der Waals surface area contributed by atoms with Crippen molar-refractivity contribution in [1.29, 1.82) is 0 Å². The molecule has 0 bridgehead atoms. The summed E-state index contributed by atoms with van der Waals surface area (Å²) >= 11 is 1.53. The maximum absolute atomic E-state index is 12.0. The van der Waals surface area contributed by atoms with Crippen molar-refractivity contribution in [2.45, 2.75) is 24.8 Å². The second-order valence-corrected chi connectivity index (χ2v) is 7.38. The summed E-state index contributed by atoms with van der Waals surface area (Å²) in [7, 11) is 1.58. The van der Waals surface area contributed by atoms with Crippen molar-refractivity contribution in [2.75, 3.05) is 7.11 Å². The number of fused-ring (bicyclic) bond motifs is 1. The molecule has 0 N–H and O–H groups in total. The fourth-order valence-corrected chi connectivity index (χ4v) is 4.02. The van der Waals surface area contributed by atoms with Gasteiger partial charge in [0.15, 0.2) is 5.16 Å². The lowest BCUT2D eigenvalue weighted by atomic mass is 10.1. The lowest BCUT2D eigenvalue weighted by Crippen LogP contribution is -2.02. The minimum Gasteiger partial charge on any atom is -0.497 e. The van der Waals surface area contributed by atoms with Crippen LogP contribution in [0.3, 0.4) is 0 Å². The quantitative estimate of drug-likeness (QED) is 0.372. The summed E-state index contributed by atoms with van der Waals surface area (Å²) < 4.78 is 12.6. The number of aromatic nitrogens is 3. The van der Waals surface area contributed by atoms with E-state index in [9.17, 15) is 4.79 Å². The molecule has 2 aromatic carbocycles. The first-order valence-corrected chi connectivity index (χ1v) is 9.76. The van der Waals surface area contributed by atoms with Crippen LogP contribution in [0.2, 0.25) is 0 Å². The zero-order chi connectivity index (χ0) is 19.7. The summed E-state index contributed by atoms with van der Waals surface area (Å²) in [6, 6.07) is 15.2. The molecule has 0 aliphatic heterocycles. The fraction of sp³-hybridized carbons (Fsp3) is 0.190. The van der Waals surface area contributed by atoms with E-state index >= 15 is 0 Å². The van der Waals surface area contributed by atoms with Crippen molar-refractivity contribution in [3.8, 4) is 11.4 Å². The van der Waals surface area contributed by atoms with Crippen LogP contribution in [0, 0.1) is 13.8 Å². The first kappa shape index (κ1) is 18.3. The van der Waals surface area contributed by atoms with Crippen LogP contribution in [-0.4, -0.2) is 21.9 Å². The molecular weight excluding hydrogens is 374 g/mol. The van der Waals surface area contributed by atoms with Crippen molar-refractivity contribution in [3.63, 3.8) is 0 Å². The summed E-state index contributed by atoms with van der Waals surface area (Å²) in [5.41, 5.74) is 3.22. The minimum absolute atomic E-state index is 0.382. The molecule has 4 aromatic rings. The Hall–Kier alpha value is -3.06. The topological polar surface area (TPSA) is 70.2 Å². The van der Waals surface area contributed by atoms with Gasteiger partial charge in [-0.3, -0.25) is 4.57 Å². The minimum atomic E-state index is -0.382. The highest BCUT2D eigenvalue weighted by atomic mass is 32.2. The third-order valence-electron chi connectivity index (χ3n) is 4.48. The Morgan fingerprint density at radius 2 is 1.86 bits per heavy atom. The lowest BCUT2D eigenvalue weighted by Gasteiger charge is -2.10. The average Bonchev–Trinajstić information content (AvgIpc) is 3.06. The van der Waals surface area contributed by atoms with Crippen LogP contribution in [-0.2, 0) is 5.75 Å². The summed E-state index contributed by atoms with van der Waals surface area (Å²) in [4.78, 5) is 12.0. The average molecular weight is 393 g/mol. The standard InChI is InChI=1S/C21H19N3O3S/c1-13-4-6-16(7-5-13)24-14(2)22-23-21(24)28-12-15-10-20(25)27-19-11-17(26-3)8-9-18(15)19/h4-11H,12H2,1-3H3. The Kier molecular flexibility index (Phi) is 4.92. The number of nitrogens with zero attached hydrogens (tertiary/aromatic N) is 3. The van der Waals surface area contributed by atoms with E-state index in [1.165, 1.54) is 23.4 Å². The molecule has 0 spiro atoms. The van der Waals surface area contributed by atoms with Crippen molar-refractivity contribution in [2.24, 2.45) is 0 Å². The van der Waals surface area contributed by atoms with Gasteiger partial charge < -0.3 is 9.15 Å². The second-order valence-electron chi connectivity index (χ2n) is 6.44. The van der Waals surface area contributed by atoms with Gasteiger partial charge in [-0.1, -0.05) is 29.5 Å². The van der Waals surface area contributed by atoms with E-state index in [1.807, 2.05) is 23.6 Å². The number of methoxy groups -OCH3 is 1. The van der Waals surface area contributed by atoms with Crippen LogP contribution in [0.4, 0.5) is 0 Å². The zero-order valence-electron chi connectivity index (χ0n) is 15.8. The van der Waals surface area contributed by atoms with Crippen LogP contribution in [0.15, 0.2) is 62.9 Å². The summed E-state index contributed by atoms with van der Waals surface area (Å²) in [6.45, 7) is 3.98. The Bertz CT molecular complexity index is 1200. The van der Waals surface area contributed by atoms with Gasteiger partial charge in [0.05, 0.1) is 7.11 Å². The Balaban J connectivity index is 1.67. The Morgan fingerprint density at radius 1 is 1.07 bits per heavy atom. The highest BCUT2D eigenvalue weighted by molar-refractivity contribution is 7.98. The molecule has 2 heterocycles. The predicted octanol–water partition coefficient (Wildman–Crippen LogP) is 4.29. The monoisotopic (exact) mass is 393 g/mol. The molecule has 0 radical (unpaired) electrons. The molecule has 0 unspecified atom stereocenters. The zero-order valence-corrected chi connectivity index (χ0v) is 16.6. The summed E-state index contributed by atoms with van der Waals surface area (Å²) in [5, 5.41) is 10.2. The van der Waals surface area contributed by atoms with Gasteiger partial charge in [-0.25, -0.2) is 4.79 Å². The molecule has 7 heteroatoms. The molecular formula is C21H19N3O3S. The molecule has 4 rings (SSSR count). The first-order valence-electron chi connectivity index (χ1n) is 8.78. The van der Waals surface area contributed by atoms with Gasteiger partial charge in [-0.05, 0) is 43.7 Å². The van der Waals surface area contributed by atoms with Gasteiger partial charge in [0.1, 0.15) is 17.2 Å². The number of ether oxygens (including phenoxy) is 1. The van der Waals surface area contributed by atoms with E-state index in [4.69, 9.17) is 9.15 Å². The number of thioether (sulfide) groups is 1. The van der Waals surface area contributed by atoms with E-state index in [-0.39, 0.29) is 5.63 Å². The van der Waals surface area contributed by atoms with E-state index < -0.39 is 0 Å². The lowest BCUT2D eigenvalue weighted by molar-refractivity contribution is 0.414. The van der Waals surface area contributed by atoms with Gasteiger partial charge in [-0.15, -0.1) is 10.2 Å². The molecule has 0 amide bonds. The second kappa shape index (κ2) is 7.52. The molecule has 6 nitrogen and oxygen atoms in total. The van der Waals surface area contributed by atoms with Gasteiger partial charge in [0.25, 0.3) is 0 Å². The molecule has 0 atom stereocenters. The Morgan fingerprint density at radius 3 is 2.61 bits per heavy atom. The maximum Gasteiger partial charge on any atom is 0.336 e. The molecule has 0 aliphatic rings. The van der Waals surface area contributed by atoms with Crippen molar-refractivity contribution < 1.29 is 9.15 Å². The molecule has 2 aromatic heterocycles. The summed E-state index contributed by atoms with van der Waals surface area (Å²) in [5.74, 6) is 2.03. The molecule has 28 heavy (non-hydrogen) atoms. The molecule has 142 valence electrons. The SMILES string of the molecule is COc1ccc2c(CSc3nnc(C)n3-c3ccc(C)cc3)cc(=O)oc2c1. The van der Waals surface area contributed by atoms with E-state index in [0.29, 0.717) is 17.1 Å². The van der Waals surface area contributed by atoms with Crippen LogP contribution in [0.1, 0.15) is 17.0 Å². The van der Waals surface area contributed by atoms with Gasteiger partial charge >= 0.3 is 5.63 Å². The van der Waals surface area contributed by atoms with Gasteiger partial charge in [0, 0.05) is 29.0 Å². The van der Waals surface area contributed by atoms with E-state index in [0.717, 1.165) is 27.6 Å². The molecule has 0 saturated heterocycles. The smallest absolute Gasteiger partial charge is 0.336 e. The molecule has 0 saturated carbocycles.